The molecular formula is C28H26N4O4. The van der Waals surface area contributed by atoms with Gasteiger partial charge in [0.25, 0.3) is 5.78 Å². The zero-order valence-corrected chi connectivity index (χ0v) is 20.4. The molecule has 5 rings (SSSR count). The van der Waals surface area contributed by atoms with Gasteiger partial charge >= 0.3 is 5.91 Å². The summed E-state index contributed by atoms with van der Waals surface area (Å²) < 4.78 is 5.80. The van der Waals surface area contributed by atoms with Gasteiger partial charge in [0.15, 0.2) is 0 Å². The summed E-state index contributed by atoms with van der Waals surface area (Å²) in [6, 6.07) is 13.4. The second-order valence-corrected chi connectivity index (χ2v) is 9.18. The Hall–Kier alpha value is -4.46. The number of Topliss-reactive ketones (excluding diaryl/α,β-unsaturated/α-hetero) is 1. The Labute approximate surface area is 208 Å². The second kappa shape index (κ2) is 8.96. The van der Waals surface area contributed by atoms with Gasteiger partial charge in [0, 0.05) is 18.0 Å². The van der Waals surface area contributed by atoms with Crippen molar-refractivity contribution < 1.29 is 19.4 Å². The van der Waals surface area contributed by atoms with Crippen LogP contribution in [0.3, 0.4) is 0 Å². The van der Waals surface area contributed by atoms with Crippen LogP contribution in [-0.4, -0.2) is 37.9 Å². The molecule has 0 saturated carbocycles. The molecule has 1 atom stereocenters. The quantitative estimate of drug-likeness (QED) is 0.236. The first kappa shape index (κ1) is 23.3. The molecule has 182 valence electrons. The first-order valence-corrected chi connectivity index (χ1v) is 11.7. The Kier molecular flexibility index (Phi) is 5.80. The van der Waals surface area contributed by atoms with E-state index in [9.17, 15) is 14.7 Å². The highest BCUT2D eigenvalue weighted by atomic mass is 16.5. The Morgan fingerprint density at radius 2 is 1.92 bits per heavy atom. The minimum Gasteiger partial charge on any atom is -0.507 e. The van der Waals surface area contributed by atoms with Crippen molar-refractivity contribution in [2.75, 3.05) is 4.90 Å². The third-order valence-corrected chi connectivity index (χ3v) is 6.11. The van der Waals surface area contributed by atoms with Crippen molar-refractivity contribution in [3.63, 3.8) is 0 Å². The molecule has 4 aromatic rings. The van der Waals surface area contributed by atoms with Gasteiger partial charge in [0.1, 0.15) is 11.5 Å². The van der Waals surface area contributed by atoms with Crippen molar-refractivity contribution >= 4 is 34.4 Å². The Morgan fingerprint density at radius 3 is 2.61 bits per heavy atom. The molecule has 2 N–H and O–H groups in total. The molecule has 36 heavy (non-hydrogen) atoms. The number of fused-ring (bicyclic) bond motifs is 1. The third-order valence-electron chi connectivity index (χ3n) is 6.11. The summed E-state index contributed by atoms with van der Waals surface area (Å²) in [4.78, 5) is 39.9. The van der Waals surface area contributed by atoms with E-state index in [-0.39, 0.29) is 23.4 Å². The van der Waals surface area contributed by atoms with E-state index in [2.05, 4.69) is 15.0 Å². The number of nitrogens with zero attached hydrogens (tertiary/aromatic N) is 3. The molecule has 0 radical (unpaired) electrons. The maximum atomic E-state index is 13.4. The fourth-order valence-electron chi connectivity index (χ4n) is 4.47. The summed E-state index contributed by atoms with van der Waals surface area (Å²) in [5.74, 6) is -0.933. The summed E-state index contributed by atoms with van der Waals surface area (Å²) in [6.45, 7) is 7.69. The minimum atomic E-state index is -0.910. The highest BCUT2D eigenvalue weighted by Crippen LogP contribution is 2.41. The number of aromatic amines is 1. The number of aryl methyl sites for hydroxylation is 2. The van der Waals surface area contributed by atoms with E-state index in [0.29, 0.717) is 22.4 Å². The van der Waals surface area contributed by atoms with Crippen LogP contribution in [-0.2, 0) is 9.59 Å². The maximum absolute atomic E-state index is 13.4. The van der Waals surface area contributed by atoms with Crippen molar-refractivity contribution in [3.05, 3.63) is 88.8 Å². The Bertz CT molecular complexity index is 1520. The number of aromatic nitrogens is 3. The highest BCUT2D eigenvalue weighted by molar-refractivity contribution is 6.51. The van der Waals surface area contributed by atoms with E-state index >= 15 is 0 Å². The molecule has 2 aromatic heterocycles. The van der Waals surface area contributed by atoms with Crippen LogP contribution in [0.5, 0.6) is 5.75 Å². The normalized spacial score (nSPS) is 17.4. The number of nitrogens with one attached hydrogen (secondary N) is 1. The molecule has 1 saturated heterocycles. The number of rotatable bonds is 5. The van der Waals surface area contributed by atoms with Crippen LogP contribution in [0, 0.1) is 13.8 Å². The number of carbonyl (C=O) groups excluding carboxylic acids is 2. The molecule has 1 fully saturated rings. The lowest BCUT2D eigenvalue weighted by molar-refractivity contribution is -0.132. The number of pyridine rings is 1. The Morgan fingerprint density at radius 1 is 1.11 bits per heavy atom. The van der Waals surface area contributed by atoms with E-state index in [1.807, 2.05) is 45.9 Å². The number of aliphatic hydroxyl groups is 1. The number of aliphatic hydroxyl groups excluding tert-OH is 1. The molecule has 2 aromatic carbocycles. The largest absolute Gasteiger partial charge is 0.507 e. The zero-order valence-electron chi connectivity index (χ0n) is 20.4. The first-order valence-electron chi connectivity index (χ1n) is 11.7. The van der Waals surface area contributed by atoms with Gasteiger partial charge in [-0.05, 0) is 80.8 Å². The van der Waals surface area contributed by atoms with Crippen molar-refractivity contribution in [3.8, 4) is 5.75 Å². The van der Waals surface area contributed by atoms with Gasteiger partial charge in [0.05, 0.1) is 28.8 Å². The van der Waals surface area contributed by atoms with E-state index in [0.717, 1.165) is 16.6 Å². The smallest absolute Gasteiger partial charge is 0.302 e. The van der Waals surface area contributed by atoms with Crippen molar-refractivity contribution in [1.82, 2.24) is 15.0 Å². The van der Waals surface area contributed by atoms with Crippen LogP contribution in [0.2, 0.25) is 0 Å². The lowest BCUT2D eigenvalue weighted by Crippen LogP contribution is -2.30. The standard InChI is InChI=1S/C28H26N4O4/c1-15(2)36-22-10-8-18(13-17(22)4)25(33)23-24(19-6-5-11-29-14-19)32(27(35)26(23)34)28-30-20-9-7-16(3)12-21(20)31-28/h5-15,24,33H,1-4H3,(H,30,31)/b25-23+. The van der Waals surface area contributed by atoms with Crippen LogP contribution in [0.15, 0.2) is 66.5 Å². The van der Waals surface area contributed by atoms with Crippen molar-refractivity contribution in [2.45, 2.75) is 39.8 Å². The van der Waals surface area contributed by atoms with E-state index in [1.165, 1.54) is 4.90 Å². The first-order chi connectivity index (χ1) is 17.2. The third kappa shape index (κ3) is 4.00. The molecule has 1 unspecified atom stereocenters. The van der Waals surface area contributed by atoms with Crippen LogP contribution in [0.25, 0.3) is 16.8 Å². The summed E-state index contributed by atoms with van der Waals surface area (Å²) >= 11 is 0. The van der Waals surface area contributed by atoms with Gasteiger partial charge in [-0.1, -0.05) is 12.1 Å². The van der Waals surface area contributed by atoms with Gasteiger partial charge < -0.3 is 14.8 Å². The fraction of sp³-hybridized carbons (Fsp3) is 0.214. The number of amides is 1. The number of ether oxygens (including phenoxy) is 1. The zero-order chi connectivity index (χ0) is 25.6. The summed E-state index contributed by atoms with van der Waals surface area (Å²) in [5.41, 5.74) is 4.20. The van der Waals surface area contributed by atoms with E-state index in [1.54, 1.807) is 42.7 Å². The fourth-order valence-corrected chi connectivity index (χ4v) is 4.47. The number of ketones is 1. The van der Waals surface area contributed by atoms with Crippen LogP contribution in [0.1, 0.15) is 42.1 Å². The molecule has 0 spiro atoms. The van der Waals surface area contributed by atoms with Gasteiger partial charge in [-0.2, -0.15) is 0 Å². The number of H-pyrrole nitrogens is 1. The number of imidazole rings is 1. The number of hydrogen-bond donors (Lipinski definition) is 2. The number of anilines is 1. The number of benzene rings is 2. The molecule has 1 aliphatic heterocycles. The molecule has 1 amide bonds. The number of hydrogen-bond acceptors (Lipinski definition) is 6. The average molecular weight is 483 g/mol. The maximum Gasteiger partial charge on any atom is 0.302 e. The number of carbonyl (C=O) groups is 2. The SMILES string of the molecule is Cc1ccc2nc(N3C(=O)C(=O)/C(=C(/O)c4ccc(OC(C)C)c(C)c4)C3c3cccnc3)[nH]c2c1. The molecule has 8 heteroatoms. The van der Waals surface area contributed by atoms with Crippen LogP contribution < -0.4 is 9.64 Å². The average Bonchev–Trinajstić information content (AvgIpc) is 3.38. The monoisotopic (exact) mass is 482 g/mol. The predicted octanol–water partition coefficient (Wildman–Crippen LogP) is 4.99. The molecule has 8 nitrogen and oxygen atoms in total. The van der Waals surface area contributed by atoms with Crippen molar-refractivity contribution in [2.24, 2.45) is 0 Å². The summed E-state index contributed by atoms with van der Waals surface area (Å²) in [7, 11) is 0. The molecular weight excluding hydrogens is 456 g/mol. The molecule has 3 heterocycles. The Balaban J connectivity index is 1.67. The van der Waals surface area contributed by atoms with Gasteiger partial charge in [0.2, 0.25) is 5.95 Å². The van der Waals surface area contributed by atoms with E-state index in [4.69, 9.17) is 4.74 Å². The van der Waals surface area contributed by atoms with Gasteiger partial charge in [-0.3, -0.25) is 19.5 Å². The molecule has 0 aliphatic carbocycles. The molecule has 0 bridgehead atoms. The summed E-state index contributed by atoms with van der Waals surface area (Å²) in [5, 5.41) is 11.4. The lowest BCUT2D eigenvalue weighted by atomic mass is 9.96. The minimum absolute atomic E-state index is 0.00773. The predicted molar refractivity (Wildman–Crippen MR) is 137 cm³/mol. The van der Waals surface area contributed by atoms with Crippen LogP contribution >= 0.6 is 0 Å². The van der Waals surface area contributed by atoms with Gasteiger partial charge in [-0.25, -0.2) is 4.98 Å². The molecule has 1 aliphatic rings. The van der Waals surface area contributed by atoms with Crippen LogP contribution in [0.4, 0.5) is 5.95 Å². The topological polar surface area (TPSA) is 108 Å². The summed E-state index contributed by atoms with van der Waals surface area (Å²) in [6.07, 6.45) is 3.18. The van der Waals surface area contributed by atoms with E-state index < -0.39 is 17.7 Å². The lowest BCUT2D eigenvalue weighted by Gasteiger charge is -2.22. The van der Waals surface area contributed by atoms with Gasteiger partial charge in [-0.15, -0.1) is 0 Å². The second-order valence-electron chi connectivity index (χ2n) is 9.18. The van der Waals surface area contributed by atoms with Crippen molar-refractivity contribution in [1.29, 1.82) is 0 Å². The highest BCUT2D eigenvalue weighted by Gasteiger charge is 2.48.